The van der Waals surface area contributed by atoms with Gasteiger partial charge in [-0.2, -0.15) is 0 Å². The minimum Gasteiger partial charge on any atom is -0.492 e. The van der Waals surface area contributed by atoms with Gasteiger partial charge in [-0.3, -0.25) is 0 Å². The van der Waals surface area contributed by atoms with Crippen molar-refractivity contribution in [1.29, 1.82) is 0 Å². The first-order valence-corrected chi connectivity index (χ1v) is 8.56. The predicted molar refractivity (Wildman–Crippen MR) is 98.8 cm³/mol. The molecule has 4 nitrogen and oxygen atoms in total. The van der Waals surface area contributed by atoms with Crippen LogP contribution in [-0.4, -0.2) is 22.7 Å². The van der Waals surface area contributed by atoms with Gasteiger partial charge in [-0.15, -0.1) is 12.4 Å². The molecule has 0 radical (unpaired) electrons. The van der Waals surface area contributed by atoms with E-state index in [0.717, 1.165) is 40.8 Å². The molecule has 0 aliphatic heterocycles. The number of ether oxygens (including phenoxy) is 1. The molecule has 0 unspecified atom stereocenters. The summed E-state index contributed by atoms with van der Waals surface area (Å²) in [7, 11) is 0. The van der Waals surface area contributed by atoms with Crippen molar-refractivity contribution in [3.05, 3.63) is 45.4 Å². The largest absolute Gasteiger partial charge is 0.492 e. The fourth-order valence-electron chi connectivity index (χ4n) is 2.04. The summed E-state index contributed by atoms with van der Waals surface area (Å²) >= 11 is 7.11. The Morgan fingerprint density at radius 3 is 2.59 bits per heavy atom. The molecule has 2 aromatic rings. The molecule has 0 aliphatic rings. The number of aromatic nitrogens is 2. The van der Waals surface area contributed by atoms with E-state index in [1.54, 1.807) is 0 Å². The number of halogens is 3. The lowest BCUT2D eigenvalue weighted by Gasteiger charge is -2.11. The summed E-state index contributed by atoms with van der Waals surface area (Å²) in [5.74, 6) is 0.862. The summed E-state index contributed by atoms with van der Waals surface area (Å²) in [5.41, 5.74) is 1.22. The van der Waals surface area contributed by atoms with Crippen LogP contribution in [0.15, 0.2) is 39.8 Å². The highest BCUT2D eigenvalue weighted by molar-refractivity contribution is 9.11. The smallest absolute Gasteiger partial charge is 0.147 e. The highest BCUT2D eigenvalue weighted by Crippen LogP contribution is 2.34. The molecule has 0 amide bonds. The van der Waals surface area contributed by atoms with E-state index in [-0.39, 0.29) is 12.4 Å². The van der Waals surface area contributed by atoms with Crippen LogP contribution in [0.25, 0.3) is 0 Å². The van der Waals surface area contributed by atoms with Gasteiger partial charge in [-0.25, -0.2) is 4.98 Å². The lowest BCUT2D eigenvalue weighted by molar-refractivity contribution is 0.336. The molecule has 1 heterocycles. The van der Waals surface area contributed by atoms with E-state index in [4.69, 9.17) is 4.74 Å². The van der Waals surface area contributed by atoms with Gasteiger partial charge in [0, 0.05) is 25.5 Å². The van der Waals surface area contributed by atoms with Crippen molar-refractivity contribution in [2.75, 3.05) is 13.2 Å². The highest BCUT2D eigenvalue weighted by Gasteiger charge is 2.08. The molecule has 2 rings (SSSR count). The molecule has 22 heavy (non-hydrogen) atoms. The number of nitrogens with zero attached hydrogens (tertiary/aromatic N) is 2. The van der Waals surface area contributed by atoms with E-state index in [0.29, 0.717) is 6.61 Å². The monoisotopic (exact) mass is 451 g/mol. The van der Waals surface area contributed by atoms with Crippen LogP contribution in [0.4, 0.5) is 0 Å². The molecule has 1 aromatic heterocycles. The Morgan fingerprint density at radius 1 is 1.27 bits per heavy atom. The zero-order chi connectivity index (χ0) is 15.1. The van der Waals surface area contributed by atoms with Crippen LogP contribution in [0.1, 0.15) is 18.9 Å². The van der Waals surface area contributed by atoms with Crippen molar-refractivity contribution in [3.63, 3.8) is 0 Å². The van der Waals surface area contributed by atoms with Gasteiger partial charge >= 0.3 is 0 Å². The topological polar surface area (TPSA) is 39.1 Å². The zero-order valence-corrected chi connectivity index (χ0v) is 16.4. The first-order valence-electron chi connectivity index (χ1n) is 6.98. The second-order valence-electron chi connectivity index (χ2n) is 4.65. The third kappa shape index (κ3) is 5.91. The molecule has 0 aliphatic carbocycles. The van der Waals surface area contributed by atoms with Crippen molar-refractivity contribution in [3.8, 4) is 5.75 Å². The normalized spacial score (nSPS) is 10.3. The number of benzene rings is 1. The number of nitrogens with one attached hydrogen (secondary N) is 1. The van der Waals surface area contributed by atoms with Gasteiger partial charge in [0.25, 0.3) is 0 Å². The third-order valence-corrected chi connectivity index (χ3v) is 4.18. The maximum absolute atomic E-state index is 5.58. The summed E-state index contributed by atoms with van der Waals surface area (Å²) < 4.78 is 9.63. The number of hydrogen-bond donors (Lipinski definition) is 1. The molecule has 122 valence electrons. The highest BCUT2D eigenvalue weighted by atomic mass is 79.9. The van der Waals surface area contributed by atoms with Crippen LogP contribution in [0.5, 0.6) is 5.75 Å². The average molecular weight is 454 g/mol. The Labute approximate surface area is 154 Å². The van der Waals surface area contributed by atoms with Crippen LogP contribution in [0, 0.1) is 0 Å². The van der Waals surface area contributed by atoms with Gasteiger partial charge < -0.3 is 14.6 Å². The summed E-state index contributed by atoms with van der Waals surface area (Å²) in [6.07, 6.45) is 6.72. The molecule has 0 saturated heterocycles. The molecule has 0 atom stereocenters. The Hall–Kier alpha value is -0.560. The minimum atomic E-state index is 0. The first kappa shape index (κ1) is 19.5. The predicted octanol–water partition coefficient (Wildman–Crippen LogP) is 4.41. The van der Waals surface area contributed by atoms with E-state index in [1.807, 2.05) is 25.6 Å². The lowest BCUT2D eigenvalue weighted by Crippen LogP contribution is -2.16. The SMILES string of the molecule is CCOc1c(Br)cc(CNCCCn2ccnc2)cc1Br.Cl. The maximum atomic E-state index is 5.58. The lowest BCUT2D eigenvalue weighted by atomic mass is 10.2. The van der Waals surface area contributed by atoms with Crippen molar-refractivity contribution in [2.45, 2.75) is 26.4 Å². The summed E-state index contributed by atoms with van der Waals surface area (Å²) in [6.45, 7) is 5.44. The van der Waals surface area contributed by atoms with Crippen molar-refractivity contribution < 1.29 is 4.74 Å². The van der Waals surface area contributed by atoms with Gasteiger partial charge in [0.2, 0.25) is 0 Å². The standard InChI is InChI=1S/C15H19Br2N3O.ClH/c1-2-21-15-13(16)8-12(9-14(15)17)10-18-4-3-6-20-7-5-19-11-20;/h5,7-9,11,18H,2-4,6,10H2,1H3;1H. The van der Waals surface area contributed by atoms with E-state index in [2.05, 4.69) is 58.9 Å². The number of hydrogen-bond acceptors (Lipinski definition) is 3. The second kappa shape index (κ2) is 10.3. The molecule has 1 N–H and O–H groups in total. The fraction of sp³-hybridized carbons (Fsp3) is 0.400. The number of rotatable bonds is 8. The second-order valence-corrected chi connectivity index (χ2v) is 6.36. The average Bonchev–Trinajstić information content (AvgIpc) is 2.96. The molecular formula is C15H20Br2ClN3O. The van der Waals surface area contributed by atoms with Gasteiger partial charge in [0.15, 0.2) is 0 Å². The van der Waals surface area contributed by atoms with Crippen LogP contribution >= 0.6 is 44.3 Å². The van der Waals surface area contributed by atoms with Crippen LogP contribution < -0.4 is 10.1 Å². The zero-order valence-electron chi connectivity index (χ0n) is 12.4. The van der Waals surface area contributed by atoms with Crippen LogP contribution in [0.3, 0.4) is 0 Å². The summed E-state index contributed by atoms with van der Waals surface area (Å²) in [5, 5.41) is 3.45. The fourth-order valence-corrected chi connectivity index (χ4v) is 3.55. The molecule has 0 fully saturated rings. The third-order valence-electron chi connectivity index (χ3n) is 3.00. The van der Waals surface area contributed by atoms with Crippen LogP contribution in [-0.2, 0) is 13.1 Å². The van der Waals surface area contributed by atoms with Crippen molar-refractivity contribution >= 4 is 44.3 Å². The van der Waals surface area contributed by atoms with E-state index in [9.17, 15) is 0 Å². The molecular weight excluding hydrogens is 433 g/mol. The van der Waals surface area contributed by atoms with E-state index < -0.39 is 0 Å². The van der Waals surface area contributed by atoms with Crippen molar-refractivity contribution in [1.82, 2.24) is 14.9 Å². The van der Waals surface area contributed by atoms with E-state index >= 15 is 0 Å². The first-order chi connectivity index (χ1) is 10.2. The van der Waals surface area contributed by atoms with Crippen molar-refractivity contribution in [2.24, 2.45) is 0 Å². The van der Waals surface area contributed by atoms with Crippen LogP contribution in [0.2, 0.25) is 0 Å². The Bertz CT molecular complexity index is 541. The molecule has 0 bridgehead atoms. The van der Waals surface area contributed by atoms with Gasteiger partial charge in [-0.1, -0.05) is 0 Å². The Balaban J connectivity index is 0.00000242. The number of aryl methyl sites for hydroxylation is 1. The Kier molecular flexibility index (Phi) is 9.09. The minimum absolute atomic E-state index is 0. The van der Waals surface area contributed by atoms with Gasteiger partial charge in [0.1, 0.15) is 5.75 Å². The summed E-state index contributed by atoms with van der Waals surface area (Å²) in [6, 6.07) is 4.19. The Morgan fingerprint density at radius 2 is 2.00 bits per heavy atom. The summed E-state index contributed by atoms with van der Waals surface area (Å²) in [4.78, 5) is 4.03. The van der Waals surface area contributed by atoms with E-state index in [1.165, 1.54) is 5.56 Å². The van der Waals surface area contributed by atoms with Gasteiger partial charge in [-0.05, 0) is 69.4 Å². The quantitative estimate of drug-likeness (QED) is 0.602. The maximum Gasteiger partial charge on any atom is 0.147 e. The molecule has 1 aromatic carbocycles. The molecule has 0 saturated carbocycles. The van der Waals surface area contributed by atoms with Gasteiger partial charge in [0.05, 0.1) is 21.9 Å². The molecule has 0 spiro atoms. The molecule has 7 heteroatoms. The number of imidazole rings is 1.